The predicted molar refractivity (Wildman–Crippen MR) is 80.1 cm³/mol. The van der Waals surface area contributed by atoms with Gasteiger partial charge in [-0.05, 0) is 39.0 Å². The van der Waals surface area contributed by atoms with Crippen molar-refractivity contribution in [1.82, 2.24) is 4.98 Å². The molecule has 3 N–H and O–H groups in total. The van der Waals surface area contributed by atoms with Gasteiger partial charge in [0.1, 0.15) is 5.76 Å². The summed E-state index contributed by atoms with van der Waals surface area (Å²) in [6.45, 7) is 6.26. The fraction of sp³-hybridized carbons (Fsp3) is 0.333. The largest absolute Gasteiger partial charge is 0.462 e. The van der Waals surface area contributed by atoms with E-state index in [1.165, 1.54) is 0 Å². The molecule has 1 aromatic heterocycles. The van der Waals surface area contributed by atoms with Crippen LogP contribution in [0.2, 0.25) is 0 Å². The first-order valence-corrected chi connectivity index (χ1v) is 6.74. The highest BCUT2D eigenvalue weighted by Crippen LogP contribution is 2.20. The van der Waals surface area contributed by atoms with E-state index in [2.05, 4.69) is 10.3 Å². The predicted octanol–water partition coefficient (Wildman–Crippen LogP) is 2.66. The number of benzene rings is 1. The van der Waals surface area contributed by atoms with Gasteiger partial charge in [0.05, 0.1) is 24.4 Å². The zero-order valence-electron chi connectivity index (χ0n) is 12.4. The summed E-state index contributed by atoms with van der Waals surface area (Å²) in [5, 5.41) is 3.15. The van der Waals surface area contributed by atoms with Crippen molar-refractivity contribution in [2.75, 3.05) is 17.7 Å². The van der Waals surface area contributed by atoms with E-state index in [-0.39, 0.29) is 0 Å². The van der Waals surface area contributed by atoms with Gasteiger partial charge in [-0.25, -0.2) is 9.78 Å². The first kappa shape index (κ1) is 14.9. The van der Waals surface area contributed by atoms with E-state index in [9.17, 15) is 4.79 Å². The molecule has 6 nitrogen and oxygen atoms in total. The summed E-state index contributed by atoms with van der Waals surface area (Å²) in [7, 11) is 0. The number of oxazole rings is 1. The quantitative estimate of drug-likeness (QED) is 0.649. The van der Waals surface area contributed by atoms with E-state index in [1.807, 2.05) is 13.8 Å². The molecule has 0 bridgehead atoms. The van der Waals surface area contributed by atoms with E-state index >= 15 is 0 Å². The number of aromatic nitrogens is 1. The molecule has 0 radical (unpaired) electrons. The van der Waals surface area contributed by atoms with Gasteiger partial charge in [-0.15, -0.1) is 0 Å². The van der Waals surface area contributed by atoms with Crippen LogP contribution in [0.4, 0.5) is 11.4 Å². The summed E-state index contributed by atoms with van der Waals surface area (Å²) in [5.41, 5.74) is 8.15. The minimum absolute atomic E-state index is 0.310. The molecule has 0 atom stereocenters. The lowest BCUT2D eigenvalue weighted by molar-refractivity contribution is 0.0527. The molecule has 0 spiro atoms. The average molecular weight is 289 g/mol. The van der Waals surface area contributed by atoms with E-state index in [4.69, 9.17) is 14.9 Å². The number of esters is 1. The van der Waals surface area contributed by atoms with Crippen molar-refractivity contribution in [1.29, 1.82) is 0 Å². The van der Waals surface area contributed by atoms with Gasteiger partial charge in [-0.1, -0.05) is 0 Å². The van der Waals surface area contributed by atoms with Crippen molar-refractivity contribution in [3.63, 3.8) is 0 Å². The third-order valence-electron chi connectivity index (χ3n) is 3.07. The minimum Gasteiger partial charge on any atom is -0.462 e. The van der Waals surface area contributed by atoms with Crippen LogP contribution in [0.3, 0.4) is 0 Å². The summed E-state index contributed by atoms with van der Waals surface area (Å²) >= 11 is 0. The smallest absolute Gasteiger partial charge is 0.340 e. The third-order valence-corrected chi connectivity index (χ3v) is 3.07. The Labute approximate surface area is 123 Å². The van der Waals surface area contributed by atoms with E-state index < -0.39 is 5.97 Å². The summed E-state index contributed by atoms with van der Waals surface area (Å²) in [4.78, 5) is 16.1. The second kappa shape index (κ2) is 6.30. The highest BCUT2D eigenvalue weighted by molar-refractivity contribution is 5.96. The average Bonchev–Trinajstić information content (AvgIpc) is 2.77. The lowest BCUT2D eigenvalue weighted by Crippen LogP contribution is -2.09. The molecule has 112 valence electrons. The number of hydrogen-bond acceptors (Lipinski definition) is 6. The number of aryl methyl sites for hydroxylation is 2. The maximum atomic E-state index is 11.8. The van der Waals surface area contributed by atoms with Crippen LogP contribution in [0.25, 0.3) is 0 Å². The van der Waals surface area contributed by atoms with Crippen LogP contribution in [0.15, 0.2) is 22.6 Å². The Hall–Kier alpha value is -2.50. The van der Waals surface area contributed by atoms with Gasteiger partial charge in [-0.2, -0.15) is 0 Å². The SMILES string of the molecule is CCOC(=O)c1cc(NCc2nc(C)c(C)o2)ccc1N. The third kappa shape index (κ3) is 3.53. The van der Waals surface area contributed by atoms with Gasteiger partial charge >= 0.3 is 5.97 Å². The lowest BCUT2D eigenvalue weighted by Gasteiger charge is -2.09. The molecule has 0 aliphatic heterocycles. The zero-order chi connectivity index (χ0) is 15.4. The fourth-order valence-electron chi connectivity index (χ4n) is 1.84. The van der Waals surface area contributed by atoms with Crippen molar-refractivity contribution in [2.24, 2.45) is 0 Å². The standard InChI is InChI=1S/C15H19N3O3/c1-4-20-15(19)12-7-11(5-6-13(12)16)17-8-14-18-9(2)10(3)21-14/h5-7,17H,4,8,16H2,1-3H3. The molecular weight excluding hydrogens is 270 g/mol. The van der Waals surface area contributed by atoms with Gasteiger partial charge in [0.15, 0.2) is 0 Å². The Balaban J connectivity index is 2.10. The number of hydrogen-bond donors (Lipinski definition) is 2. The monoisotopic (exact) mass is 289 g/mol. The number of nitrogens with two attached hydrogens (primary N) is 1. The number of carbonyl (C=O) groups excluding carboxylic acids is 1. The number of ether oxygens (including phenoxy) is 1. The topological polar surface area (TPSA) is 90.4 Å². The van der Waals surface area contributed by atoms with Gasteiger partial charge in [0.2, 0.25) is 5.89 Å². The first-order valence-electron chi connectivity index (χ1n) is 6.74. The molecule has 6 heteroatoms. The molecule has 0 aliphatic rings. The van der Waals surface area contributed by atoms with Crippen molar-refractivity contribution in [2.45, 2.75) is 27.3 Å². The molecule has 1 heterocycles. The van der Waals surface area contributed by atoms with Crippen molar-refractivity contribution >= 4 is 17.3 Å². The number of anilines is 2. The number of carbonyl (C=O) groups is 1. The normalized spacial score (nSPS) is 10.4. The van der Waals surface area contributed by atoms with Crippen LogP contribution < -0.4 is 11.1 Å². The number of nitrogen functional groups attached to an aromatic ring is 1. The van der Waals surface area contributed by atoms with Gasteiger partial charge < -0.3 is 20.2 Å². The maximum Gasteiger partial charge on any atom is 0.340 e. The molecule has 0 unspecified atom stereocenters. The molecule has 2 aromatic rings. The number of rotatable bonds is 5. The van der Waals surface area contributed by atoms with Crippen LogP contribution in [0.5, 0.6) is 0 Å². The minimum atomic E-state index is -0.429. The molecule has 0 saturated carbocycles. The van der Waals surface area contributed by atoms with Crippen LogP contribution in [-0.2, 0) is 11.3 Å². The Bertz CT molecular complexity index is 630. The van der Waals surface area contributed by atoms with Crippen LogP contribution in [-0.4, -0.2) is 17.6 Å². The summed E-state index contributed by atoms with van der Waals surface area (Å²) in [6, 6.07) is 5.12. The van der Waals surface area contributed by atoms with Crippen molar-refractivity contribution in [3.05, 3.63) is 41.1 Å². The Kier molecular flexibility index (Phi) is 4.47. The van der Waals surface area contributed by atoms with Crippen LogP contribution in [0, 0.1) is 13.8 Å². The fourth-order valence-corrected chi connectivity index (χ4v) is 1.84. The molecular formula is C15H19N3O3. The summed E-state index contributed by atoms with van der Waals surface area (Å²) < 4.78 is 10.5. The van der Waals surface area contributed by atoms with E-state index in [0.717, 1.165) is 17.1 Å². The van der Waals surface area contributed by atoms with Gasteiger partial charge in [-0.3, -0.25) is 0 Å². The van der Waals surface area contributed by atoms with Gasteiger partial charge in [0.25, 0.3) is 0 Å². The maximum absolute atomic E-state index is 11.8. The molecule has 0 amide bonds. The van der Waals surface area contributed by atoms with Crippen LogP contribution >= 0.6 is 0 Å². The Morgan fingerprint density at radius 3 is 2.81 bits per heavy atom. The molecule has 2 rings (SSSR count). The van der Waals surface area contributed by atoms with Gasteiger partial charge in [0, 0.05) is 11.4 Å². The first-order chi connectivity index (χ1) is 10.0. The molecule has 0 fully saturated rings. The van der Waals surface area contributed by atoms with Crippen molar-refractivity contribution < 1.29 is 13.9 Å². The van der Waals surface area contributed by atoms with Crippen molar-refractivity contribution in [3.8, 4) is 0 Å². The second-order valence-corrected chi connectivity index (χ2v) is 4.63. The molecule has 0 saturated heterocycles. The highest BCUT2D eigenvalue weighted by atomic mass is 16.5. The second-order valence-electron chi connectivity index (χ2n) is 4.63. The zero-order valence-corrected chi connectivity index (χ0v) is 12.4. The molecule has 0 aliphatic carbocycles. The Morgan fingerprint density at radius 2 is 2.19 bits per heavy atom. The Morgan fingerprint density at radius 1 is 1.43 bits per heavy atom. The summed E-state index contributed by atoms with van der Waals surface area (Å²) in [5.74, 6) is 0.970. The summed E-state index contributed by atoms with van der Waals surface area (Å²) in [6.07, 6.45) is 0. The lowest BCUT2D eigenvalue weighted by atomic mass is 10.1. The van der Waals surface area contributed by atoms with E-state index in [0.29, 0.717) is 30.3 Å². The highest BCUT2D eigenvalue weighted by Gasteiger charge is 2.12. The molecule has 1 aromatic carbocycles. The number of nitrogens with zero attached hydrogens (tertiary/aromatic N) is 1. The number of nitrogens with one attached hydrogen (secondary N) is 1. The van der Waals surface area contributed by atoms with E-state index in [1.54, 1.807) is 25.1 Å². The van der Waals surface area contributed by atoms with Crippen LogP contribution in [0.1, 0.15) is 34.6 Å². The molecule has 21 heavy (non-hydrogen) atoms.